The molecule has 3 aromatic rings. The molecule has 244 valence electrons. The van der Waals surface area contributed by atoms with Crippen LogP contribution in [0.1, 0.15) is 37.3 Å². The second kappa shape index (κ2) is 10.9. The number of rotatable bonds is 5. The lowest BCUT2D eigenvalue weighted by atomic mass is 9.79. The second-order valence-corrected chi connectivity index (χ2v) is 12.9. The van der Waals surface area contributed by atoms with E-state index < -0.39 is 81.5 Å². The largest absolute Gasteiger partial charge is 0.477 e. The van der Waals surface area contributed by atoms with Crippen LogP contribution in [0, 0.1) is 29.8 Å². The molecule has 4 heterocycles. The van der Waals surface area contributed by atoms with E-state index in [-0.39, 0.29) is 42.1 Å². The highest BCUT2D eigenvalue weighted by Crippen LogP contribution is 2.47. The Hall–Kier alpha value is -3.39. The quantitative estimate of drug-likeness (QED) is 0.244. The smallest absolute Gasteiger partial charge is 0.417 e. The molecule has 2 aromatic carbocycles. The van der Waals surface area contributed by atoms with Crippen LogP contribution in [0.25, 0.3) is 22.0 Å². The van der Waals surface area contributed by atoms with Crippen molar-refractivity contribution in [1.82, 2.24) is 15.2 Å². The number of pyridine rings is 1. The number of nitrogen functional groups attached to an aromatic ring is 1. The molecule has 0 spiro atoms. The van der Waals surface area contributed by atoms with E-state index in [9.17, 15) is 13.2 Å². The summed E-state index contributed by atoms with van der Waals surface area (Å²) in [5, 5.41) is 3.37. The molecule has 3 aliphatic heterocycles. The van der Waals surface area contributed by atoms with E-state index in [1.54, 1.807) is 11.9 Å². The first-order valence-electron chi connectivity index (χ1n) is 14.7. The highest BCUT2D eigenvalue weighted by atomic mass is 19.4. The SMILES string of the molecule is Cc1cc(N)c(F)c(-c2c(F)cc3c(N4C[C@H]5CC[C@@H](C4)N5)cc(OC[C@]4(C)CN(C)CCC4(F)F)nc3c2F)c1C(F)(F)F. The summed E-state index contributed by atoms with van der Waals surface area (Å²) in [5.74, 6) is -7.99. The number of nitrogens with one attached hydrogen (secondary N) is 1. The van der Waals surface area contributed by atoms with Crippen molar-refractivity contribution < 1.29 is 39.9 Å². The van der Waals surface area contributed by atoms with Crippen LogP contribution in [0.4, 0.5) is 46.5 Å². The number of aryl methyl sites for hydroxylation is 1. The zero-order valence-electron chi connectivity index (χ0n) is 24.9. The van der Waals surface area contributed by atoms with Crippen LogP contribution in [0.5, 0.6) is 5.88 Å². The molecular weight excluding hydrogens is 610 g/mol. The van der Waals surface area contributed by atoms with Crippen molar-refractivity contribution in [2.75, 3.05) is 50.5 Å². The monoisotopic (exact) mass is 643 g/mol. The molecule has 3 atom stereocenters. The molecule has 6 rings (SSSR count). The number of piperidine rings is 1. The van der Waals surface area contributed by atoms with E-state index in [0.717, 1.165) is 31.9 Å². The molecule has 1 aromatic heterocycles. The van der Waals surface area contributed by atoms with Crippen LogP contribution in [0.15, 0.2) is 18.2 Å². The van der Waals surface area contributed by atoms with Crippen molar-refractivity contribution in [2.24, 2.45) is 5.41 Å². The van der Waals surface area contributed by atoms with Gasteiger partial charge >= 0.3 is 6.18 Å². The Labute approximate surface area is 254 Å². The van der Waals surface area contributed by atoms with Gasteiger partial charge in [-0.2, -0.15) is 13.2 Å². The summed E-state index contributed by atoms with van der Waals surface area (Å²) in [6.07, 6.45) is -3.84. The predicted molar refractivity (Wildman–Crippen MR) is 154 cm³/mol. The molecule has 0 radical (unpaired) electrons. The van der Waals surface area contributed by atoms with Crippen molar-refractivity contribution in [2.45, 2.75) is 57.3 Å². The van der Waals surface area contributed by atoms with Crippen molar-refractivity contribution >= 4 is 22.3 Å². The van der Waals surface area contributed by atoms with Crippen molar-refractivity contribution in [3.8, 4) is 17.0 Å². The molecule has 3 saturated heterocycles. The lowest BCUT2D eigenvalue weighted by Crippen LogP contribution is -2.55. The number of hydrogen-bond donors (Lipinski definition) is 2. The first kappa shape index (κ1) is 31.6. The maximum absolute atomic E-state index is 16.5. The highest BCUT2D eigenvalue weighted by Gasteiger charge is 2.53. The summed E-state index contributed by atoms with van der Waals surface area (Å²) in [6, 6.07) is 3.15. The average molecular weight is 644 g/mol. The zero-order chi connectivity index (χ0) is 32.6. The standard InChI is InChI=1S/C31H33F8N5O/c1-15-8-20(40)26(33)24(25(15)31(37,38)39)23-19(32)9-18-21(44-11-16-4-5-17(12-44)41-16)10-22(42-28(18)27(23)34)45-14-29(2)13-43(3)7-6-30(29,35)36/h8-10,16-17,41H,4-7,11-14,40H2,1-3H3/t16-,17+,29-/m0/s1. The Bertz CT molecular complexity index is 1650. The Morgan fingerprint density at radius 3 is 2.36 bits per heavy atom. The number of aromatic nitrogens is 1. The molecule has 0 unspecified atom stereocenters. The minimum Gasteiger partial charge on any atom is -0.477 e. The summed E-state index contributed by atoms with van der Waals surface area (Å²) < 4.78 is 126. The maximum Gasteiger partial charge on any atom is 0.417 e. The van der Waals surface area contributed by atoms with Gasteiger partial charge in [0.15, 0.2) is 11.6 Å². The third kappa shape index (κ3) is 5.43. The molecule has 0 aliphatic carbocycles. The number of piperazine rings is 1. The van der Waals surface area contributed by atoms with E-state index in [2.05, 4.69) is 10.3 Å². The van der Waals surface area contributed by atoms with Gasteiger partial charge in [0.2, 0.25) is 5.88 Å². The molecule has 0 amide bonds. The number of nitrogens with two attached hydrogens (primary N) is 1. The summed E-state index contributed by atoms with van der Waals surface area (Å²) in [4.78, 5) is 7.77. The van der Waals surface area contributed by atoms with Crippen molar-refractivity contribution in [1.29, 1.82) is 0 Å². The predicted octanol–water partition coefficient (Wildman–Crippen LogP) is 6.53. The van der Waals surface area contributed by atoms with E-state index in [1.807, 2.05) is 4.90 Å². The maximum atomic E-state index is 16.5. The van der Waals surface area contributed by atoms with Crippen LogP contribution >= 0.6 is 0 Å². The molecule has 3 aliphatic rings. The van der Waals surface area contributed by atoms with Gasteiger partial charge in [-0.05, 0) is 51.4 Å². The molecular formula is C31H33F8N5O. The number of nitrogens with zero attached hydrogens (tertiary/aromatic N) is 3. The molecule has 2 bridgehead atoms. The average Bonchev–Trinajstić information content (AvgIpc) is 3.28. The number of halogens is 8. The zero-order valence-corrected chi connectivity index (χ0v) is 24.9. The number of likely N-dealkylation sites (tertiary alicyclic amines) is 1. The third-order valence-electron chi connectivity index (χ3n) is 9.38. The molecule has 3 N–H and O–H groups in total. The second-order valence-electron chi connectivity index (χ2n) is 12.9. The van der Waals surface area contributed by atoms with Gasteiger partial charge in [-0.25, -0.2) is 26.9 Å². The number of hydrogen-bond acceptors (Lipinski definition) is 6. The third-order valence-corrected chi connectivity index (χ3v) is 9.38. The van der Waals surface area contributed by atoms with Gasteiger partial charge in [0.25, 0.3) is 5.92 Å². The van der Waals surface area contributed by atoms with Gasteiger partial charge in [-0.3, -0.25) is 0 Å². The molecule has 3 fully saturated rings. The van der Waals surface area contributed by atoms with E-state index in [0.29, 0.717) is 13.1 Å². The number of alkyl halides is 5. The fraction of sp³-hybridized carbons (Fsp3) is 0.516. The van der Waals surface area contributed by atoms with Crippen LogP contribution in [-0.2, 0) is 6.18 Å². The molecule has 45 heavy (non-hydrogen) atoms. The van der Waals surface area contributed by atoms with E-state index in [1.165, 1.54) is 13.0 Å². The van der Waals surface area contributed by atoms with Gasteiger partial charge in [-0.1, -0.05) is 0 Å². The van der Waals surface area contributed by atoms with Crippen molar-refractivity contribution in [3.05, 3.63) is 46.8 Å². The Balaban J connectivity index is 1.54. The highest BCUT2D eigenvalue weighted by molar-refractivity contribution is 5.96. The minimum atomic E-state index is -5.18. The van der Waals surface area contributed by atoms with Crippen LogP contribution in [0.2, 0.25) is 0 Å². The molecule has 14 heteroatoms. The van der Waals surface area contributed by atoms with Gasteiger partial charge in [0, 0.05) is 61.7 Å². The summed E-state index contributed by atoms with van der Waals surface area (Å²) >= 11 is 0. The van der Waals surface area contributed by atoms with Gasteiger partial charge in [-0.15, -0.1) is 0 Å². The Kier molecular flexibility index (Phi) is 7.62. The summed E-state index contributed by atoms with van der Waals surface area (Å²) in [5.41, 5.74) is -1.81. The molecule has 0 saturated carbocycles. The normalized spacial score (nSPS) is 25.3. The van der Waals surface area contributed by atoms with Gasteiger partial charge in [0.1, 0.15) is 17.9 Å². The molecule has 6 nitrogen and oxygen atoms in total. The Morgan fingerprint density at radius 2 is 1.71 bits per heavy atom. The van der Waals surface area contributed by atoms with E-state index >= 15 is 22.0 Å². The fourth-order valence-corrected chi connectivity index (χ4v) is 7.04. The van der Waals surface area contributed by atoms with Gasteiger partial charge < -0.3 is 25.6 Å². The van der Waals surface area contributed by atoms with E-state index in [4.69, 9.17) is 10.5 Å². The topological polar surface area (TPSA) is 66.7 Å². The minimum absolute atomic E-state index is 0.000407. The number of fused-ring (bicyclic) bond motifs is 3. The lowest BCUT2D eigenvalue weighted by Gasteiger charge is -2.44. The summed E-state index contributed by atoms with van der Waals surface area (Å²) in [6.45, 7) is 2.95. The van der Waals surface area contributed by atoms with Crippen LogP contribution in [0.3, 0.4) is 0 Å². The first-order chi connectivity index (χ1) is 21.0. The Morgan fingerprint density at radius 1 is 1.04 bits per heavy atom. The number of anilines is 2. The lowest BCUT2D eigenvalue weighted by molar-refractivity contribution is -0.168. The number of ether oxygens (including phenoxy) is 1. The van der Waals surface area contributed by atoms with Crippen LogP contribution < -0.4 is 20.7 Å². The summed E-state index contributed by atoms with van der Waals surface area (Å²) in [7, 11) is 1.70. The van der Waals surface area contributed by atoms with Crippen molar-refractivity contribution in [3.63, 3.8) is 0 Å². The first-order valence-corrected chi connectivity index (χ1v) is 14.7. The van der Waals surface area contributed by atoms with Gasteiger partial charge in [0.05, 0.1) is 27.9 Å². The van der Waals surface area contributed by atoms with Crippen LogP contribution in [-0.4, -0.2) is 67.7 Å². The number of benzene rings is 2. The fourth-order valence-electron chi connectivity index (χ4n) is 7.04.